The van der Waals surface area contributed by atoms with Gasteiger partial charge in [-0.2, -0.15) is 0 Å². The zero-order chi connectivity index (χ0) is 15.9. The minimum absolute atomic E-state index is 0.479. The van der Waals surface area contributed by atoms with Crippen molar-refractivity contribution in [3.8, 4) is 0 Å². The second-order valence-electron chi connectivity index (χ2n) is 5.46. The fourth-order valence-corrected chi connectivity index (χ4v) is 3.49. The van der Waals surface area contributed by atoms with Crippen molar-refractivity contribution in [1.29, 1.82) is 0 Å². The van der Waals surface area contributed by atoms with Crippen molar-refractivity contribution in [1.82, 2.24) is 0 Å². The molecule has 114 valence electrons. The van der Waals surface area contributed by atoms with Crippen LogP contribution in [0.3, 0.4) is 0 Å². The van der Waals surface area contributed by atoms with Gasteiger partial charge in [-0.3, -0.25) is 4.84 Å². The molecule has 3 nitrogen and oxygen atoms in total. The van der Waals surface area contributed by atoms with Gasteiger partial charge in [0, 0.05) is 15.5 Å². The smallest absolute Gasteiger partial charge is 0.146 e. The van der Waals surface area contributed by atoms with Crippen molar-refractivity contribution >= 4 is 35.2 Å². The number of rotatable bonds is 3. The summed E-state index contributed by atoms with van der Waals surface area (Å²) in [5.74, 6) is 0. The highest BCUT2D eigenvalue weighted by atomic mass is 35.5. The second-order valence-corrected chi connectivity index (χ2v) is 6.33. The first-order chi connectivity index (χ1) is 10.5. The summed E-state index contributed by atoms with van der Waals surface area (Å²) in [6.07, 6.45) is 0.909. The Morgan fingerprint density at radius 2 is 1.77 bits per heavy atom. The predicted octanol–water partition coefficient (Wildman–Crippen LogP) is 4.25. The third-order valence-electron chi connectivity index (χ3n) is 4.37. The van der Waals surface area contributed by atoms with E-state index in [9.17, 15) is 4.79 Å². The largest absolute Gasteiger partial charge is 0.301 e. The molecular formula is C17H15Cl2NO2. The lowest BCUT2D eigenvalue weighted by atomic mass is 9.73. The molecule has 0 radical (unpaired) electrons. The number of carbonyl (C=O) groups excluding carboxylic acids is 1. The number of halogens is 2. The van der Waals surface area contributed by atoms with E-state index in [0.29, 0.717) is 10.0 Å². The van der Waals surface area contributed by atoms with E-state index >= 15 is 0 Å². The number of fused-ring (bicyclic) bond motifs is 1. The first kappa shape index (κ1) is 15.3. The van der Waals surface area contributed by atoms with E-state index < -0.39 is 11.5 Å². The normalized spacial score (nSPS) is 23.5. The number of nitrogens with zero attached hydrogens (tertiary/aromatic N) is 1. The monoisotopic (exact) mass is 335 g/mol. The predicted molar refractivity (Wildman–Crippen MR) is 88.7 cm³/mol. The van der Waals surface area contributed by atoms with Crippen molar-refractivity contribution in [2.24, 2.45) is 0 Å². The Balaban J connectivity index is 2.25. The van der Waals surface area contributed by atoms with Gasteiger partial charge in [0.25, 0.3) is 0 Å². The van der Waals surface area contributed by atoms with E-state index in [-0.39, 0.29) is 0 Å². The van der Waals surface area contributed by atoms with Gasteiger partial charge in [0.2, 0.25) is 0 Å². The minimum Gasteiger partial charge on any atom is -0.301 e. The van der Waals surface area contributed by atoms with Crippen LogP contribution in [-0.4, -0.2) is 19.4 Å². The van der Waals surface area contributed by atoms with Crippen molar-refractivity contribution in [3.05, 3.63) is 63.6 Å². The summed E-state index contributed by atoms with van der Waals surface area (Å²) in [6, 6.07) is 12.7. The number of aldehydes is 1. The van der Waals surface area contributed by atoms with Crippen LogP contribution in [0.4, 0.5) is 5.69 Å². The second kappa shape index (κ2) is 5.58. The van der Waals surface area contributed by atoms with Crippen LogP contribution < -0.4 is 5.06 Å². The van der Waals surface area contributed by atoms with Gasteiger partial charge in [-0.25, -0.2) is 5.06 Å². The SMILES string of the molecule is CON1c2cc(Cl)ccc2C(C)(c2ccc(Cl)cc2)C1C=O. The maximum Gasteiger partial charge on any atom is 0.146 e. The van der Waals surface area contributed by atoms with Gasteiger partial charge in [-0.05, 0) is 42.3 Å². The standard InChI is InChI=1S/C17H15Cl2NO2/c1-17(11-3-5-12(18)6-4-11)14-8-7-13(19)9-15(14)20(22-2)16(17)10-21/h3-10,16H,1-2H3. The van der Waals surface area contributed by atoms with Crippen LogP contribution in [0.25, 0.3) is 0 Å². The summed E-state index contributed by atoms with van der Waals surface area (Å²) in [7, 11) is 1.55. The number of anilines is 1. The minimum atomic E-state index is -0.539. The van der Waals surface area contributed by atoms with Crippen LogP contribution in [0.5, 0.6) is 0 Å². The lowest BCUT2D eigenvalue weighted by Crippen LogP contribution is -2.44. The summed E-state index contributed by atoms with van der Waals surface area (Å²) in [4.78, 5) is 17.3. The van der Waals surface area contributed by atoms with E-state index in [1.54, 1.807) is 12.2 Å². The summed E-state index contributed by atoms with van der Waals surface area (Å²) in [5, 5.41) is 2.88. The van der Waals surface area contributed by atoms with Crippen molar-refractivity contribution in [2.75, 3.05) is 12.2 Å². The van der Waals surface area contributed by atoms with Gasteiger partial charge in [0.1, 0.15) is 12.3 Å². The third-order valence-corrected chi connectivity index (χ3v) is 4.86. The van der Waals surface area contributed by atoms with Gasteiger partial charge >= 0.3 is 0 Å². The average molecular weight is 336 g/mol. The molecule has 0 amide bonds. The van der Waals surface area contributed by atoms with Gasteiger partial charge in [-0.1, -0.05) is 41.4 Å². The molecule has 1 aliphatic heterocycles. The number of hydroxylamine groups is 1. The van der Waals surface area contributed by atoms with Gasteiger partial charge in [0.05, 0.1) is 12.8 Å². The number of hydrogen-bond donors (Lipinski definition) is 0. The molecule has 2 unspecified atom stereocenters. The maximum atomic E-state index is 11.8. The molecule has 1 heterocycles. The highest BCUT2D eigenvalue weighted by molar-refractivity contribution is 6.31. The molecule has 0 bridgehead atoms. The summed E-state index contributed by atoms with van der Waals surface area (Å²) in [6.45, 7) is 2.03. The van der Waals surface area contributed by atoms with Crippen LogP contribution in [-0.2, 0) is 15.0 Å². The number of benzene rings is 2. The Labute approximate surface area is 139 Å². The lowest BCUT2D eigenvalue weighted by Gasteiger charge is -2.32. The van der Waals surface area contributed by atoms with Gasteiger partial charge in [0.15, 0.2) is 0 Å². The number of carbonyl (C=O) groups is 1. The number of hydrogen-bond acceptors (Lipinski definition) is 3. The highest BCUT2D eigenvalue weighted by Gasteiger charge is 2.49. The van der Waals surface area contributed by atoms with E-state index in [4.69, 9.17) is 28.0 Å². The first-order valence-electron chi connectivity index (χ1n) is 6.87. The summed E-state index contributed by atoms with van der Waals surface area (Å²) >= 11 is 12.1. The molecule has 0 fully saturated rings. The molecule has 0 aromatic heterocycles. The molecule has 0 saturated carbocycles. The van der Waals surface area contributed by atoms with Crippen molar-refractivity contribution in [3.63, 3.8) is 0 Å². The molecular weight excluding hydrogens is 321 g/mol. The fourth-order valence-electron chi connectivity index (χ4n) is 3.20. The Morgan fingerprint density at radius 3 is 2.36 bits per heavy atom. The van der Waals surface area contributed by atoms with E-state index in [1.807, 2.05) is 49.4 Å². The van der Waals surface area contributed by atoms with Gasteiger partial charge in [-0.15, -0.1) is 0 Å². The van der Waals surface area contributed by atoms with Crippen LogP contribution >= 0.6 is 23.2 Å². The average Bonchev–Trinajstić information content (AvgIpc) is 2.76. The zero-order valence-corrected chi connectivity index (χ0v) is 13.7. The topological polar surface area (TPSA) is 29.5 Å². The van der Waals surface area contributed by atoms with Crippen LogP contribution in [0.1, 0.15) is 18.1 Å². The fraction of sp³-hybridized carbons (Fsp3) is 0.235. The van der Waals surface area contributed by atoms with Crippen molar-refractivity contribution < 1.29 is 9.63 Å². The quantitative estimate of drug-likeness (QED) is 0.785. The highest BCUT2D eigenvalue weighted by Crippen LogP contribution is 2.49. The molecule has 2 aromatic rings. The molecule has 0 N–H and O–H groups in total. The molecule has 22 heavy (non-hydrogen) atoms. The lowest BCUT2D eigenvalue weighted by molar-refractivity contribution is -0.111. The van der Waals surface area contributed by atoms with Crippen molar-refractivity contribution in [2.45, 2.75) is 18.4 Å². The Bertz CT molecular complexity index is 717. The molecule has 0 aliphatic carbocycles. The summed E-state index contributed by atoms with van der Waals surface area (Å²) in [5.41, 5.74) is 2.27. The Hall–Kier alpha value is -1.55. The molecule has 3 rings (SSSR count). The molecule has 2 atom stereocenters. The molecule has 0 saturated heterocycles. The van der Waals surface area contributed by atoms with Crippen LogP contribution in [0.15, 0.2) is 42.5 Å². The molecule has 2 aromatic carbocycles. The van der Waals surface area contributed by atoms with E-state index in [2.05, 4.69) is 0 Å². The van der Waals surface area contributed by atoms with Crippen LogP contribution in [0, 0.1) is 0 Å². The van der Waals surface area contributed by atoms with Crippen LogP contribution in [0.2, 0.25) is 10.0 Å². The van der Waals surface area contributed by atoms with E-state index in [0.717, 1.165) is 23.1 Å². The Morgan fingerprint density at radius 1 is 1.14 bits per heavy atom. The van der Waals surface area contributed by atoms with Gasteiger partial charge < -0.3 is 4.79 Å². The van der Waals surface area contributed by atoms with E-state index in [1.165, 1.54) is 0 Å². The Kier molecular flexibility index (Phi) is 3.89. The zero-order valence-electron chi connectivity index (χ0n) is 12.2. The molecule has 1 aliphatic rings. The third kappa shape index (κ3) is 2.12. The maximum absolute atomic E-state index is 11.8. The molecule has 5 heteroatoms. The molecule has 0 spiro atoms. The summed E-state index contributed by atoms with van der Waals surface area (Å²) < 4.78 is 0. The first-order valence-corrected chi connectivity index (χ1v) is 7.62.